The average molecular weight is 821 g/mol. The molecule has 7 rings (SSSR count). The van der Waals surface area contributed by atoms with Crippen LogP contribution in [0.2, 0.25) is 0 Å². The molecule has 3 aromatic rings. The summed E-state index contributed by atoms with van der Waals surface area (Å²) in [6, 6.07) is 3.14. The van der Waals surface area contributed by atoms with Gasteiger partial charge in [0.2, 0.25) is 27.7 Å². The van der Waals surface area contributed by atoms with E-state index in [9.17, 15) is 27.6 Å². The maximum absolute atomic E-state index is 14.7. The van der Waals surface area contributed by atoms with Crippen molar-refractivity contribution < 1.29 is 41.8 Å². The number of aromatic nitrogens is 4. The topological polar surface area (TPSA) is 213 Å². The van der Waals surface area contributed by atoms with Gasteiger partial charge in [-0.3, -0.25) is 23.9 Å². The van der Waals surface area contributed by atoms with Crippen molar-refractivity contribution in [2.75, 3.05) is 13.7 Å². The molecule has 0 radical (unpaired) electrons. The largest absolute Gasteiger partial charge is 0.496 e. The van der Waals surface area contributed by atoms with Gasteiger partial charge in [-0.05, 0) is 78.4 Å². The highest BCUT2D eigenvalue weighted by Gasteiger charge is 2.63. The maximum atomic E-state index is 14.7. The second-order valence-corrected chi connectivity index (χ2v) is 18.6. The number of amides is 4. The van der Waals surface area contributed by atoms with Crippen molar-refractivity contribution in [1.82, 2.24) is 40.2 Å². The van der Waals surface area contributed by atoms with Gasteiger partial charge >= 0.3 is 0 Å². The third-order valence-corrected chi connectivity index (χ3v) is 13.8. The Hall–Kier alpha value is -5.26. The number of hydrogen-bond donors (Lipinski definition) is 3. The molecule has 58 heavy (non-hydrogen) atoms. The van der Waals surface area contributed by atoms with Crippen molar-refractivity contribution in [1.29, 1.82) is 0 Å². The second-order valence-electron chi connectivity index (χ2n) is 16.4. The summed E-state index contributed by atoms with van der Waals surface area (Å²) in [4.78, 5) is 64.0. The minimum atomic E-state index is -4.01. The zero-order valence-corrected chi connectivity index (χ0v) is 34.6. The predicted molar refractivity (Wildman–Crippen MR) is 211 cm³/mol. The number of benzene rings is 1. The first-order chi connectivity index (χ1) is 27.5. The van der Waals surface area contributed by atoms with Gasteiger partial charge in [-0.15, -0.1) is 5.10 Å². The van der Waals surface area contributed by atoms with Crippen LogP contribution in [0.1, 0.15) is 94.6 Å². The van der Waals surface area contributed by atoms with Crippen molar-refractivity contribution in [3.05, 3.63) is 47.8 Å². The molecule has 2 saturated carbocycles. The summed E-state index contributed by atoms with van der Waals surface area (Å²) < 4.78 is 45.9. The Kier molecular flexibility index (Phi) is 11.2. The Bertz CT molecular complexity index is 2250. The molecule has 18 heteroatoms. The van der Waals surface area contributed by atoms with Crippen LogP contribution in [0, 0.1) is 12.8 Å². The summed E-state index contributed by atoms with van der Waals surface area (Å²) in [5.74, 6) is -1.63. The first-order valence-corrected chi connectivity index (χ1v) is 21.4. The predicted octanol–water partition coefficient (Wildman–Crippen LogP) is 3.01. The highest BCUT2D eigenvalue weighted by atomic mass is 32.2. The van der Waals surface area contributed by atoms with Gasteiger partial charge in [0.15, 0.2) is 5.69 Å². The maximum Gasteiger partial charge on any atom is 0.274 e. The van der Waals surface area contributed by atoms with Crippen LogP contribution >= 0.6 is 0 Å². The summed E-state index contributed by atoms with van der Waals surface area (Å²) in [5.41, 5.74) is -0.146. The number of sulfonamides is 1. The van der Waals surface area contributed by atoms with Crippen LogP contribution in [0.25, 0.3) is 10.9 Å². The van der Waals surface area contributed by atoms with E-state index in [1.807, 2.05) is 45.1 Å². The van der Waals surface area contributed by atoms with Crippen molar-refractivity contribution in [2.45, 2.75) is 120 Å². The van der Waals surface area contributed by atoms with E-state index in [0.29, 0.717) is 60.4 Å². The van der Waals surface area contributed by atoms with Gasteiger partial charge in [0.05, 0.1) is 36.2 Å². The lowest BCUT2D eigenvalue weighted by atomic mass is 10.0. The van der Waals surface area contributed by atoms with Crippen LogP contribution in [0.15, 0.2) is 36.5 Å². The summed E-state index contributed by atoms with van der Waals surface area (Å²) in [5, 5.41) is 14.5. The Balaban J connectivity index is 1.23. The van der Waals surface area contributed by atoms with E-state index < -0.39 is 68.0 Å². The molecule has 4 aliphatic rings. The van der Waals surface area contributed by atoms with Crippen molar-refractivity contribution in [2.24, 2.45) is 13.0 Å². The molecule has 1 aromatic carbocycles. The average Bonchev–Trinajstić information content (AvgIpc) is 3.97. The van der Waals surface area contributed by atoms with Crippen molar-refractivity contribution >= 4 is 44.6 Å². The lowest BCUT2D eigenvalue weighted by Gasteiger charge is -2.30. The molecular weight excluding hydrogens is 769 g/mol. The molecule has 2 aliphatic heterocycles. The molecule has 3 N–H and O–H groups in total. The fraction of sp³-hybridized carbons (Fsp3) is 0.575. The normalized spacial score (nSPS) is 26.4. The van der Waals surface area contributed by atoms with E-state index in [1.54, 1.807) is 27.1 Å². The van der Waals surface area contributed by atoms with E-state index in [2.05, 4.69) is 25.6 Å². The highest BCUT2D eigenvalue weighted by Crippen LogP contribution is 2.47. The van der Waals surface area contributed by atoms with Gasteiger partial charge in [-0.1, -0.05) is 25.0 Å². The molecule has 4 heterocycles. The minimum absolute atomic E-state index is 0.0241. The zero-order chi connectivity index (χ0) is 41.6. The number of allylic oxidation sites excluding steroid dienone is 1. The number of nitrogens with one attached hydrogen (secondary N) is 3. The van der Waals surface area contributed by atoms with Gasteiger partial charge in [0.1, 0.15) is 35.2 Å². The van der Waals surface area contributed by atoms with Crippen LogP contribution in [0.5, 0.6) is 17.4 Å². The third-order valence-electron chi connectivity index (χ3n) is 11.6. The number of carbonyl (C=O) groups excluding carboxylic acids is 4. The molecule has 312 valence electrons. The fourth-order valence-electron chi connectivity index (χ4n) is 7.79. The molecule has 1 unspecified atom stereocenters. The lowest BCUT2D eigenvalue weighted by Crippen LogP contribution is -2.58. The monoisotopic (exact) mass is 820 g/mol. The Morgan fingerprint density at radius 1 is 1.10 bits per heavy atom. The molecule has 0 spiro atoms. The molecular formula is C40H52N8O9S. The van der Waals surface area contributed by atoms with Gasteiger partial charge < -0.3 is 29.7 Å². The van der Waals surface area contributed by atoms with Crippen molar-refractivity contribution in [3.63, 3.8) is 0 Å². The van der Waals surface area contributed by atoms with Gasteiger partial charge in [0.25, 0.3) is 11.8 Å². The van der Waals surface area contributed by atoms with E-state index in [-0.39, 0.29) is 31.2 Å². The number of carbonyl (C=O) groups is 4. The minimum Gasteiger partial charge on any atom is -0.496 e. The highest BCUT2D eigenvalue weighted by molar-refractivity contribution is 7.91. The van der Waals surface area contributed by atoms with Gasteiger partial charge in [0, 0.05) is 36.4 Å². The molecule has 4 amide bonds. The number of nitrogens with zero attached hydrogens (tertiary/aromatic N) is 5. The van der Waals surface area contributed by atoms with E-state index in [1.165, 1.54) is 15.9 Å². The zero-order valence-electron chi connectivity index (χ0n) is 33.7. The van der Waals surface area contributed by atoms with E-state index >= 15 is 0 Å². The molecule has 5 atom stereocenters. The fourth-order valence-corrected chi connectivity index (χ4v) is 9.10. The SMILES string of the molecule is COc1ccc2c(O[C@@H]3C[C@H]4C(=O)N[C@]5(C(=O)NS(=O)(=O)C6(C)CC6)CC5/C=C\CCCCC[C@H](NC(=O)c5cnn(C)n5)C(=O)N4C3)cc(OC(C)C)nc2c1C. The molecule has 2 aromatic heterocycles. The number of aryl methyl sites for hydroxylation is 2. The number of pyridine rings is 1. The Morgan fingerprint density at radius 2 is 1.88 bits per heavy atom. The van der Waals surface area contributed by atoms with Gasteiger partial charge in [-0.2, -0.15) is 9.90 Å². The van der Waals surface area contributed by atoms with Gasteiger partial charge in [-0.25, -0.2) is 13.4 Å². The molecule has 1 saturated heterocycles. The molecule has 3 fully saturated rings. The summed E-state index contributed by atoms with van der Waals surface area (Å²) in [7, 11) is -0.858. The third kappa shape index (κ3) is 8.20. The molecule has 17 nitrogen and oxygen atoms in total. The first-order valence-electron chi connectivity index (χ1n) is 19.9. The summed E-state index contributed by atoms with van der Waals surface area (Å²) >= 11 is 0. The standard InChI is InChI=1S/C40H52N8O9S/c1-23(2)56-33-19-32(27-14-15-31(55-6)24(3)34(27)43-33)57-26-18-30-36(50)44-40(38(52)46-58(53,54)39(4)16-17-39)20-25(40)12-10-8-7-9-11-13-28(37(51)48(30)22-26)42-35(49)29-21-41-47(5)45-29/h10,12,14-15,19,21,23,25-26,28,30H,7-9,11,13,16-18,20,22H2,1-6H3,(H,42,49)(H,44,50)(H,46,52)/b12-10-/t25?,26-,28+,30+,40-/m1/s1. The summed E-state index contributed by atoms with van der Waals surface area (Å²) in [6.07, 6.45) is 8.35. The molecule has 2 aliphatic carbocycles. The number of methoxy groups -OCH3 is 1. The van der Waals surface area contributed by atoms with Crippen LogP contribution < -0.4 is 29.6 Å². The second kappa shape index (κ2) is 15.8. The number of rotatable bonds is 10. The Morgan fingerprint density at radius 3 is 2.57 bits per heavy atom. The van der Waals surface area contributed by atoms with E-state index in [4.69, 9.17) is 19.2 Å². The number of hydrogen-bond acceptors (Lipinski definition) is 12. The quantitative estimate of drug-likeness (QED) is 0.252. The Labute approximate surface area is 337 Å². The van der Waals surface area contributed by atoms with E-state index in [0.717, 1.165) is 18.4 Å². The number of fused-ring (bicyclic) bond motifs is 3. The molecule has 0 bridgehead atoms. The van der Waals surface area contributed by atoms with Crippen molar-refractivity contribution in [3.8, 4) is 17.4 Å². The van der Waals surface area contributed by atoms with Crippen LogP contribution in [-0.4, -0.2) is 105 Å². The van der Waals surface area contributed by atoms with Crippen LogP contribution in [-0.2, 0) is 31.5 Å². The van der Waals surface area contributed by atoms with Crippen LogP contribution in [0.3, 0.4) is 0 Å². The van der Waals surface area contributed by atoms with Crippen LogP contribution in [0.4, 0.5) is 0 Å². The lowest BCUT2D eigenvalue weighted by molar-refractivity contribution is -0.141. The smallest absolute Gasteiger partial charge is 0.274 e. The first kappa shape index (κ1) is 40.9. The summed E-state index contributed by atoms with van der Waals surface area (Å²) in [6.45, 7) is 7.19. The number of ether oxygens (including phenoxy) is 3.